The minimum atomic E-state index is -0.263. The van der Waals surface area contributed by atoms with Gasteiger partial charge in [-0.15, -0.1) is 0 Å². The van der Waals surface area contributed by atoms with Crippen LogP contribution in [0.3, 0.4) is 0 Å². The van der Waals surface area contributed by atoms with Crippen LogP contribution in [-0.4, -0.2) is 42.4 Å². The number of aromatic amines is 1. The summed E-state index contributed by atoms with van der Waals surface area (Å²) in [4.78, 5) is 29.2. The normalized spacial score (nSPS) is 10.5. The molecule has 1 aromatic heterocycles. The molecule has 1 heterocycles. The van der Waals surface area contributed by atoms with Gasteiger partial charge in [-0.2, -0.15) is 0 Å². The van der Waals surface area contributed by atoms with E-state index in [9.17, 15) is 9.59 Å². The third kappa shape index (κ3) is 3.63. The van der Waals surface area contributed by atoms with Gasteiger partial charge in [-0.05, 0) is 30.3 Å². The summed E-state index contributed by atoms with van der Waals surface area (Å²) in [6.07, 6.45) is 1.67. The summed E-state index contributed by atoms with van der Waals surface area (Å²) in [7, 11) is 3.19. The van der Waals surface area contributed by atoms with Crippen molar-refractivity contribution in [3.8, 4) is 5.75 Å². The number of amides is 2. The Hall–Kier alpha value is -3.28. The number of carbonyl (C=O) groups is 2. The molecule has 0 radical (unpaired) electrons. The first-order valence-electron chi connectivity index (χ1n) is 7.84. The average Bonchev–Trinajstić information content (AvgIpc) is 3.05. The maximum Gasteiger partial charge on any atom is 0.256 e. The summed E-state index contributed by atoms with van der Waals surface area (Å²) in [5, 5.41) is 3.61. The molecule has 0 bridgehead atoms. The van der Waals surface area contributed by atoms with Crippen LogP contribution in [0.5, 0.6) is 5.75 Å². The van der Waals surface area contributed by atoms with E-state index in [2.05, 4.69) is 10.3 Å². The molecule has 2 N–H and O–H groups in total. The number of anilines is 1. The Morgan fingerprint density at radius 1 is 1.12 bits per heavy atom. The maximum atomic E-state index is 12.6. The lowest BCUT2D eigenvalue weighted by molar-refractivity contribution is -0.116. The van der Waals surface area contributed by atoms with E-state index >= 15 is 0 Å². The van der Waals surface area contributed by atoms with E-state index < -0.39 is 0 Å². The number of methoxy groups -OCH3 is 1. The summed E-state index contributed by atoms with van der Waals surface area (Å²) >= 11 is 0. The van der Waals surface area contributed by atoms with E-state index in [4.69, 9.17) is 4.74 Å². The van der Waals surface area contributed by atoms with Crippen LogP contribution < -0.4 is 10.1 Å². The first-order valence-corrected chi connectivity index (χ1v) is 7.84. The fourth-order valence-corrected chi connectivity index (χ4v) is 2.62. The van der Waals surface area contributed by atoms with Crippen molar-refractivity contribution in [2.75, 3.05) is 26.0 Å². The predicted molar refractivity (Wildman–Crippen MR) is 96.9 cm³/mol. The zero-order valence-electron chi connectivity index (χ0n) is 14.1. The van der Waals surface area contributed by atoms with Crippen molar-refractivity contribution in [3.63, 3.8) is 0 Å². The number of aromatic nitrogens is 1. The molecule has 0 aliphatic heterocycles. The summed E-state index contributed by atoms with van der Waals surface area (Å²) in [5.74, 6) is 0.243. The Kier molecular flexibility index (Phi) is 4.70. The van der Waals surface area contributed by atoms with Gasteiger partial charge in [-0.1, -0.05) is 18.2 Å². The number of H-pyrrole nitrogens is 1. The van der Waals surface area contributed by atoms with Gasteiger partial charge in [0.2, 0.25) is 5.91 Å². The molecule has 0 aliphatic carbocycles. The lowest BCUT2D eigenvalue weighted by atomic mass is 10.1. The van der Waals surface area contributed by atoms with Crippen LogP contribution in [0.25, 0.3) is 10.9 Å². The van der Waals surface area contributed by atoms with Crippen molar-refractivity contribution in [2.24, 2.45) is 0 Å². The third-order valence-electron chi connectivity index (χ3n) is 3.92. The summed E-state index contributed by atoms with van der Waals surface area (Å²) in [5.41, 5.74) is 2.09. The van der Waals surface area contributed by atoms with Gasteiger partial charge in [0, 0.05) is 29.8 Å². The summed E-state index contributed by atoms with van der Waals surface area (Å²) < 4.78 is 5.08. The van der Waals surface area contributed by atoms with Gasteiger partial charge in [0.05, 0.1) is 19.2 Å². The van der Waals surface area contributed by atoms with Crippen molar-refractivity contribution >= 4 is 28.4 Å². The number of para-hydroxylation sites is 1. The number of fused-ring (bicyclic) bond motifs is 1. The fraction of sp³-hybridized carbons (Fsp3) is 0.158. The first-order chi connectivity index (χ1) is 12.1. The molecule has 0 saturated carbocycles. The number of ether oxygens (including phenoxy) is 1. The number of nitrogens with zero attached hydrogens (tertiary/aromatic N) is 1. The molecule has 0 fully saturated rings. The van der Waals surface area contributed by atoms with Gasteiger partial charge in [0.1, 0.15) is 5.75 Å². The molecular weight excluding hydrogens is 318 g/mol. The van der Waals surface area contributed by atoms with E-state index in [1.807, 2.05) is 24.3 Å². The van der Waals surface area contributed by atoms with Crippen LogP contribution >= 0.6 is 0 Å². The highest BCUT2D eigenvalue weighted by Gasteiger charge is 2.18. The number of nitrogens with one attached hydrogen (secondary N) is 2. The number of carbonyl (C=O) groups excluding carboxylic acids is 2. The van der Waals surface area contributed by atoms with E-state index in [-0.39, 0.29) is 18.4 Å². The van der Waals surface area contributed by atoms with Crippen molar-refractivity contribution < 1.29 is 14.3 Å². The van der Waals surface area contributed by atoms with E-state index in [1.165, 1.54) is 4.90 Å². The highest BCUT2D eigenvalue weighted by atomic mass is 16.5. The van der Waals surface area contributed by atoms with E-state index in [0.717, 1.165) is 10.9 Å². The maximum absolute atomic E-state index is 12.6. The molecule has 0 saturated heterocycles. The van der Waals surface area contributed by atoms with Gasteiger partial charge in [0.25, 0.3) is 5.91 Å². The molecule has 0 spiro atoms. The monoisotopic (exact) mass is 337 g/mol. The van der Waals surface area contributed by atoms with Crippen LogP contribution in [0.2, 0.25) is 0 Å². The zero-order valence-corrected chi connectivity index (χ0v) is 14.1. The molecule has 25 heavy (non-hydrogen) atoms. The van der Waals surface area contributed by atoms with Gasteiger partial charge in [0.15, 0.2) is 0 Å². The SMILES string of the molecule is COc1ccc(NC(=O)CN(C)C(=O)c2c[nH]c3ccccc23)cc1. The van der Waals surface area contributed by atoms with Crippen LogP contribution in [0.1, 0.15) is 10.4 Å². The zero-order chi connectivity index (χ0) is 17.8. The molecule has 6 heteroatoms. The molecule has 0 atom stereocenters. The summed E-state index contributed by atoms with van der Waals surface area (Å²) in [6.45, 7) is -0.0373. The molecule has 3 aromatic rings. The number of rotatable bonds is 5. The smallest absolute Gasteiger partial charge is 0.256 e. The highest BCUT2D eigenvalue weighted by Crippen LogP contribution is 2.19. The van der Waals surface area contributed by atoms with Crippen LogP contribution in [-0.2, 0) is 4.79 Å². The molecule has 6 nitrogen and oxygen atoms in total. The fourth-order valence-electron chi connectivity index (χ4n) is 2.62. The number of likely N-dealkylation sites (N-methyl/N-ethyl adjacent to an activating group) is 1. The Labute approximate surface area is 145 Å². The molecule has 3 rings (SSSR count). The minimum absolute atomic E-state index is 0.0373. The number of benzene rings is 2. The van der Waals surface area contributed by atoms with Crippen molar-refractivity contribution in [1.29, 1.82) is 0 Å². The van der Waals surface area contributed by atoms with Gasteiger partial charge < -0.3 is 19.9 Å². The van der Waals surface area contributed by atoms with E-state index in [0.29, 0.717) is 17.0 Å². The first kappa shape index (κ1) is 16.6. The molecule has 128 valence electrons. The molecule has 2 aromatic carbocycles. The van der Waals surface area contributed by atoms with Crippen molar-refractivity contribution in [2.45, 2.75) is 0 Å². The molecule has 0 aliphatic rings. The second-order valence-corrected chi connectivity index (χ2v) is 5.69. The lowest BCUT2D eigenvalue weighted by Gasteiger charge is -2.16. The minimum Gasteiger partial charge on any atom is -0.497 e. The average molecular weight is 337 g/mol. The van der Waals surface area contributed by atoms with Crippen LogP contribution in [0.15, 0.2) is 54.7 Å². The van der Waals surface area contributed by atoms with Gasteiger partial charge in [-0.25, -0.2) is 0 Å². The van der Waals surface area contributed by atoms with Crippen LogP contribution in [0.4, 0.5) is 5.69 Å². The van der Waals surface area contributed by atoms with Gasteiger partial charge in [-0.3, -0.25) is 9.59 Å². The third-order valence-corrected chi connectivity index (χ3v) is 3.92. The second kappa shape index (κ2) is 7.09. The Morgan fingerprint density at radius 3 is 2.56 bits per heavy atom. The Bertz CT molecular complexity index is 900. The number of hydrogen-bond acceptors (Lipinski definition) is 3. The lowest BCUT2D eigenvalue weighted by Crippen LogP contribution is -2.34. The number of hydrogen-bond donors (Lipinski definition) is 2. The largest absolute Gasteiger partial charge is 0.497 e. The quantitative estimate of drug-likeness (QED) is 0.752. The van der Waals surface area contributed by atoms with E-state index in [1.54, 1.807) is 44.6 Å². The summed E-state index contributed by atoms with van der Waals surface area (Å²) in [6, 6.07) is 14.6. The van der Waals surface area contributed by atoms with Crippen molar-refractivity contribution in [3.05, 3.63) is 60.3 Å². The molecular formula is C19H19N3O3. The molecule has 0 unspecified atom stereocenters. The highest BCUT2D eigenvalue weighted by molar-refractivity contribution is 6.08. The second-order valence-electron chi connectivity index (χ2n) is 5.69. The standard InChI is InChI=1S/C19H19N3O3/c1-22(12-18(23)21-13-7-9-14(25-2)10-8-13)19(24)16-11-20-17-6-4-3-5-15(16)17/h3-11,20H,12H2,1-2H3,(H,21,23). The Balaban J connectivity index is 1.65. The van der Waals surface area contributed by atoms with Gasteiger partial charge >= 0.3 is 0 Å². The topological polar surface area (TPSA) is 74.4 Å². The predicted octanol–water partition coefficient (Wildman–Crippen LogP) is 2.89. The van der Waals surface area contributed by atoms with Crippen molar-refractivity contribution in [1.82, 2.24) is 9.88 Å². The Morgan fingerprint density at radius 2 is 1.84 bits per heavy atom. The van der Waals surface area contributed by atoms with Crippen LogP contribution in [0, 0.1) is 0 Å². The molecule has 2 amide bonds.